The summed E-state index contributed by atoms with van der Waals surface area (Å²) < 4.78 is 0. The van der Waals surface area contributed by atoms with E-state index in [-0.39, 0.29) is 11.8 Å². The van der Waals surface area contributed by atoms with Gasteiger partial charge >= 0.3 is 0 Å². The van der Waals surface area contributed by atoms with Crippen molar-refractivity contribution in [1.82, 2.24) is 9.80 Å². The van der Waals surface area contributed by atoms with E-state index in [1.807, 2.05) is 17.0 Å². The Morgan fingerprint density at radius 3 is 2.69 bits per heavy atom. The van der Waals surface area contributed by atoms with Crippen molar-refractivity contribution in [1.29, 1.82) is 5.26 Å². The van der Waals surface area contributed by atoms with Gasteiger partial charge < -0.3 is 0 Å². The van der Waals surface area contributed by atoms with Gasteiger partial charge in [-0.25, -0.2) is 0 Å². The van der Waals surface area contributed by atoms with Crippen LogP contribution in [0.4, 0.5) is 0 Å². The Labute approximate surface area is 159 Å². The van der Waals surface area contributed by atoms with Crippen LogP contribution in [0.3, 0.4) is 0 Å². The normalized spacial score (nSPS) is 25.2. The topological polar surface area (TPSA) is 47.3 Å². The number of aryl methyl sites for hydroxylation is 1. The van der Waals surface area contributed by atoms with E-state index in [1.165, 1.54) is 32.1 Å². The zero-order chi connectivity index (χ0) is 18.1. The van der Waals surface area contributed by atoms with Gasteiger partial charge in [-0.2, -0.15) is 5.26 Å². The zero-order valence-corrected chi connectivity index (χ0v) is 16.1. The van der Waals surface area contributed by atoms with E-state index >= 15 is 0 Å². The highest BCUT2D eigenvalue weighted by Crippen LogP contribution is 2.44. The summed E-state index contributed by atoms with van der Waals surface area (Å²) in [6, 6.07) is 11.2. The van der Waals surface area contributed by atoms with Gasteiger partial charge in [0.2, 0.25) is 5.91 Å². The summed E-state index contributed by atoms with van der Waals surface area (Å²) in [5.41, 5.74) is 3.03. The fourth-order valence-electron chi connectivity index (χ4n) is 4.50. The second-order valence-corrected chi connectivity index (χ2v) is 8.49. The number of nitrogens with zero attached hydrogens (tertiary/aromatic N) is 3. The first-order chi connectivity index (χ1) is 12.7. The molecule has 0 radical (unpaired) electrons. The number of amides is 1. The van der Waals surface area contributed by atoms with Crippen molar-refractivity contribution in [3.63, 3.8) is 0 Å². The Bertz CT molecular complexity index is 776. The van der Waals surface area contributed by atoms with E-state index < -0.39 is 0 Å². The van der Waals surface area contributed by atoms with Crippen LogP contribution in [-0.2, 0) is 4.79 Å². The molecule has 2 fully saturated rings. The van der Waals surface area contributed by atoms with Crippen molar-refractivity contribution in [3.8, 4) is 6.07 Å². The number of allylic oxidation sites excluding steroid dienone is 1. The third-order valence-electron chi connectivity index (χ3n) is 5.97. The maximum Gasteiger partial charge on any atom is 0.229 e. The number of carbonyl (C=O) groups is 1. The van der Waals surface area contributed by atoms with Crippen LogP contribution in [0.25, 0.3) is 0 Å². The number of fused-ring (bicyclic) bond motifs is 1. The van der Waals surface area contributed by atoms with E-state index in [9.17, 15) is 10.1 Å². The lowest BCUT2D eigenvalue weighted by Gasteiger charge is -2.45. The van der Waals surface area contributed by atoms with Crippen molar-refractivity contribution in [2.45, 2.75) is 57.4 Å². The van der Waals surface area contributed by atoms with Gasteiger partial charge in [-0.1, -0.05) is 55.3 Å². The molecule has 5 heteroatoms. The summed E-state index contributed by atoms with van der Waals surface area (Å²) in [4.78, 5) is 17.3. The first-order valence-corrected chi connectivity index (χ1v) is 10.5. The van der Waals surface area contributed by atoms with E-state index in [4.69, 9.17) is 0 Å². The Kier molecular flexibility index (Phi) is 5.06. The quantitative estimate of drug-likeness (QED) is 0.780. The van der Waals surface area contributed by atoms with Crippen LogP contribution in [0.1, 0.15) is 55.6 Å². The number of carbonyl (C=O) groups excluding carboxylic acids is 1. The van der Waals surface area contributed by atoms with Gasteiger partial charge in [-0.3, -0.25) is 14.6 Å². The predicted molar refractivity (Wildman–Crippen MR) is 104 cm³/mol. The third kappa shape index (κ3) is 3.17. The number of thioether (sulfide) groups is 1. The van der Waals surface area contributed by atoms with Crippen LogP contribution >= 0.6 is 11.8 Å². The number of benzene rings is 1. The van der Waals surface area contributed by atoms with Crippen molar-refractivity contribution in [2.24, 2.45) is 0 Å². The number of nitriles is 1. The molecule has 2 aliphatic heterocycles. The average molecular weight is 368 g/mol. The lowest BCUT2D eigenvalue weighted by Crippen LogP contribution is -2.51. The van der Waals surface area contributed by atoms with E-state index in [0.717, 1.165) is 27.6 Å². The van der Waals surface area contributed by atoms with Crippen LogP contribution in [-0.4, -0.2) is 34.3 Å². The summed E-state index contributed by atoms with van der Waals surface area (Å²) in [5.74, 6) is 0.934. The lowest BCUT2D eigenvalue weighted by atomic mass is 9.84. The Balaban J connectivity index is 1.63. The predicted octanol–water partition coefficient (Wildman–Crippen LogP) is 4.34. The molecule has 4 rings (SSSR count). The first kappa shape index (κ1) is 17.6. The van der Waals surface area contributed by atoms with Crippen molar-refractivity contribution in [3.05, 3.63) is 46.0 Å². The minimum absolute atomic E-state index is 0.103. The maximum absolute atomic E-state index is 13.0. The number of hydrogen-bond acceptors (Lipinski definition) is 4. The molecular formula is C21H25N3OS. The zero-order valence-electron chi connectivity index (χ0n) is 15.3. The fraction of sp³-hybridized carbons (Fsp3) is 0.524. The number of rotatable bonds is 2. The molecule has 0 unspecified atom stereocenters. The fourth-order valence-corrected chi connectivity index (χ4v) is 5.74. The summed E-state index contributed by atoms with van der Waals surface area (Å²) in [6.07, 6.45) is 6.79. The van der Waals surface area contributed by atoms with Gasteiger partial charge in [0.25, 0.3) is 0 Å². The van der Waals surface area contributed by atoms with Gasteiger partial charge in [0.1, 0.15) is 0 Å². The molecule has 1 saturated heterocycles. The molecule has 1 aromatic rings. The minimum atomic E-state index is -0.103. The number of hydrogen-bond donors (Lipinski definition) is 0. The molecule has 0 N–H and O–H groups in total. The second kappa shape index (κ2) is 7.46. The van der Waals surface area contributed by atoms with Crippen LogP contribution in [0.2, 0.25) is 0 Å². The smallest absolute Gasteiger partial charge is 0.229 e. The van der Waals surface area contributed by atoms with Gasteiger partial charge in [0.15, 0.2) is 0 Å². The van der Waals surface area contributed by atoms with Crippen molar-refractivity contribution < 1.29 is 4.79 Å². The molecular weight excluding hydrogens is 342 g/mol. The summed E-state index contributed by atoms with van der Waals surface area (Å²) in [5, 5.41) is 10.8. The van der Waals surface area contributed by atoms with E-state index in [0.29, 0.717) is 19.1 Å². The molecule has 1 atom stereocenters. The molecule has 4 nitrogen and oxygen atoms in total. The Hall–Kier alpha value is -1.77. The molecule has 1 aromatic carbocycles. The monoisotopic (exact) mass is 367 g/mol. The van der Waals surface area contributed by atoms with Gasteiger partial charge in [-0.05, 0) is 30.9 Å². The molecule has 0 spiro atoms. The standard InChI is InChI=1S/C21H25N3OS/c1-15-7-5-6-10-17(15)18-11-20(25)24-13-23(16-8-3-2-4-9-16)14-26-21(24)19(18)12-22/h5-7,10,16,18H,2-4,8-9,11,13-14H2,1H3/t18-/m0/s1. The Morgan fingerprint density at radius 2 is 1.96 bits per heavy atom. The summed E-state index contributed by atoms with van der Waals surface area (Å²) in [7, 11) is 0. The molecule has 1 aliphatic carbocycles. The molecule has 0 aromatic heterocycles. The van der Waals surface area contributed by atoms with Crippen LogP contribution in [0.5, 0.6) is 0 Å². The Morgan fingerprint density at radius 1 is 1.19 bits per heavy atom. The van der Waals surface area contributed by atoms with Gasteiger partial charge in [-0.15, -0.1) is 0 Å². The van der Waals surface area contributed by atoms with Crippen LogP contribution in [0.15, 0.2) is 34.9 Å². The molecule has 0 bridgehead atoms. The first-order valence-electron chi connectivity index (χ1n) is 9.56. The largest absolute Gasteiger partial charge is 0.292 e. The molecule has 1 saturated carbocycles. The van der Waals surface area contributed by atoms with Crippen LogP contribution < -0.4 is 0 Å². The van der Waals surface area contributed by atoms with E-state index in [1.54, 1.807) is 11.8 Å². The maximum atomic E-state index is 13.0. The molecule has 1 amide bonds. The molecule has 3 aliphatic rings. The average Bonchev–Trinajstić information content (AvgIpc) is 2.69. The van der Waals surface area contributed by atoms with Crippen molar-refractivity contribution in [2.75, 3.05) is 12.5 Å². The van der Waals surface area contributed by atoms with E-state index in [2.05, 4.69) is 30.0 Å². The highest BCUT2D eigenvalue weighted by atomic mass is 32.2. The van der Waals surface area contributed by atoms with Crippen molar-refractivity contribution >= 4 is 17.7 Å². The van der Waals surface area contributed by atoms with Gasteiger partial charge in [0, 0.05) is 18.4 Å². The third-order valence-corrected chi connectivity index (χ3v) is 7.14. The van der Waals surface area contributed by atoms with Gasteiger partial charge in [0.05, 0.1) is 29.2 Å². The minimum Gasteiger partial charge on any atom is -0.292 e. The SMILES string of the molecule is Cc1ccccc1[C@@H]1CC(=O)N2CN(C3CCCCC3)CSC2=C1C#N. The van der Waals surface area contributed by atoms with Crippen LogP contribution in [0, 0.1) is 18.3 Å². The summed E-state index contributed by atoms with van der Waals surface area (Å²) >= 11 is 1.68. The lowest BCUT2D eigenvalue weighted by molar-refractivity contribution is -0.132. The summed E-state index contributed by atoms with van der Waals surface area (Å²) in [6.45, 7) is 2.71. The molecule has 136 valence electrons. The highest BCUT2D eigenvalue weighted by Gasteiger charge is 2.39. The second-order valence-electron chi connectivity index (χ2n) is 7.56. The molecule has 26 heavy (non-hydrogen) atoms. The molecule has 2 heterocycles. The highest BCUT2D eigenvalue weighted by molar-refractivity contribution is 8.03.